The van der Waals surface area contributed by atoms with Crippen LogP contribution in [0.5, 0.6) is 0 Å². The molecule has 0 unspecified atom stereocenters. The van der Waals surface area contributed by atoms with Gasteiger partial charge in [0.05, 0.1) is 20.1 Å². The van der Waals surface area contributed by atoms with Crippen molar-refractivity contribution >= 4 is 50.5 Å². The number of anilines is 1. The normalized spacial score (nSPS) is 10.3. The van der Waals surface area contributed by atoms with Crippen LogP contribution in [0.4, 0.5) is 5.69 Å². The molecule has 0 bridgehead atoms. The van der Waals surface area contributed by atoms with Gasteiger partial charge in [-0.1, -0.05) is 11.6 Å². The van der Waals surface area contributed by atoms with E-state index in [1.807, 2.05) is 12.1 Å². The number of esters is 1. The Labute approximate surface area is 122 Å². The second-order valence-corrected chi connectivity index (χ2v) is 6.47. The van der Waals surface area contributed by atoms with Crippen LogP contribution in [-0.4, -0.2) is 5.97 Å². The number of carbonyl (C=O) groups excluding carboxylic acids is 1. The number of ether oxygens (including phenoxy) is 1. The van der Waals surface area contributed by atoms with Gasteiger partial charge in [-0.2, -0.15) is 0 Å². The molecule has 2 aromatic rings. The molecule has 0 aliphatic rings. The third kappa shape index (κ3) is 3.25. The first-order chi connectivity index (χ1) is 8.56. The summed E-state index contributed by atoms with van der Waals surface area (Å²) in [5.74, 6) is -0.414. The van der Waals surface area contributed by atoms with Gasteiger partial charge in [-0.25, -0.2) is 4.79 Å². The van der Waals surface area contributed by atoms with Crippen molar-refractivity contribution in [3.05, 3.63) is 49.6 Å². The van der Waals surface area contributed by atoms with E-state index in [4.69, 9.17) is 22.1 Å². The second kappa shape index (κ2) is 5.73. The molecular weight excluding hydrogens is 338 g/mol. The largest absolute Gasteiger partial charge is 0.456 e. The highest BCUT2D eigenvalue weighted by molar-refractivity contribution is 9.11. The van der Waals surface area contributed by atoms with Crippen LogP contribution >= 0.6 is 38.9 Å². The van der Waals surface area contributed by atoms with E-state index in [0.717, 1.165) is 8.66 Å². The lowest BCUT2D eigenvalue weighted by Crippen LogP contribution is -2.05. The fourth-order valence-electron chi connectivity index (χ4n) is 1.32. The Bertz CT molecular complexity index is 585. The molecule has 0 atom stereocenters. The van der Waals surface area contributed by atoms with Crippen molar-refractivity contribution < 1.29 is 9.53 Å². The van der Waals surface area contributed by atoms with Crippen LogP contribution in [0.25, 0.3) is 0 Å². The topological polar surface area (TPSA) is 52.3 Å². The van der Waals surface area contributed by atoms with Gasteiger partial charge in [0.2, 0.25) is 0 Å². The van der Waals surface area contributed by atoms with Gasteiger partial charge in [-0.05, 0) is 46.3 Å². The molecule has 2 rings (SSSR count). The van der Waals surface area contributed by atoms with Gasteiger partial charge in [0.25, 0.3) is 0 Å². The van der Waals surface area contributed by atoms with Crippen molar-refractivity contribution in [2.45, 2.75) is 6.61 Å². The zero-order chi connectivity index (χ0) is 13.1. The van der Waals surface area contributed by atoms with Crippen LogP contribution in [0.15, 0.2) is 34.1 Å². The predicted molar refractivity (Wildman–Crippen MR) is 77.0 cm³/mol. The van der Waals surface area contributed by atoms with Gasteiger partial charge in [0.15, 0.2) is 0 Å². The molecule has 0 amide bonds. The number of hydrogen-bond donors (Lipinski definition) is 1. The molecule has 0 aliphatic carbocycles. The summed E-state index contributed by atoms with van der Waals surface area (Å²) in [7, 11) is 0. The van der Waals surface area contributed by atoms with Crippen molar-refractivity contribution in [3.63, 3.8) is 0 Å². The summed E-state index contributed by atoms with van der Waals surface area (Å²) in [6.07, 6.45) is 0. The van der Waals surface area contributed by atoms with Crippen LogP contribution in [0.2, 0.25) is 5.02 Å². The molecule has 1 aromatic heterocycles. The molecule has 0 fully saturated rings. The molecule has 0 saturated carbocycles. The van der Waals surface area contributed by atoms with E-state index >= 15 is 0 Å². The van der Waals surface area contributed by atoms with Gasteiger partial charge in [0, 0.05) is 4.88 Å². The summed E-state index contributed by atoms with van der Waals surface area (Å²) in [6, 6.07) is 8.49. The molecule has 0 spiro atoms. The number of rotatable bonds is 3. The van der Waals surface area contributed by atoms with Gasteiger partial charge >= 0.3 is 5.97 Å². The highest BCUT2D eigenvalue weighted by Crippen LogP contribution is 2.23. The Kier molecular flexibility index (Phi) is 4.27. The smallest absolute Gasteiger partial charge is 0.338 e. The molecule has 6 heteroatoms. The van der Waals surface area contributed by atoms with Crippen molar-refractivity contribution in [1.29, 1.82) is 0 Å². The van der Waals surface area contributed by atoms with Crippen molar-refractivity contribution in [2.75, 3.05) is 5.73 Å². The lowest BCUT2D eigenvalue weighted by molar-refractivity contribution is 0.0477. The predicted octanol–water partition coefficient (Wildman–Crippen LogP) is 4.10. The molecular formula is C12H9BrClNO2S. The van der Waals surface area contributed by atoms with E-state index < -0.39 is 5.97 Å². The number of benzene rings is 1. The highest BCUT2D eigenvalue weighted by atomic mass is 79.9. The maximum absolute atomic E-state index is 11.8. The number of halogens is 2. The summed E-state index contributed by atoms with van der Waals surface area (Å²) < 4.78 is 6.18. The first kappa shape index (κ1) is 13.4. The van der Waals surface area contributed by atoms with Gasteiger partial charge in [-0.15, -0.1) is 11.3 Å². The van der Waals surface area contributed by atoms with E-state index in [1.165, 1.54) is 17.4 Å². The van der Waals surface area contributed by atoms with Gasteiger partial charge in [0.1, 0.15) is 6.61 Å². The summed E-state index contributed by atoms with van der Waals surface area (Å²) in [5, 5.41) is 0.425. The summed E-state index contributed by atoms with van der Waals surface area (Å²) in [4.78, 5) is 12.7. The minimum Gasteiger partial charge on any atom is -0.456 e. The average molecular weight is 347 g/mol. The fraction of sp³-hybridized carbons (Fsp3) is 0.0833. The Morgan fingerprint density at radius 1 is 1.39 bits per heavy atom. The van der Waals surface area contributed by atoms with Crippen LogP contribution < -0.4 is 5.73 Å². The van der Waals surface area contributed by atoms with Crippen LogP contribution in [0.1, 0.15) is 15.2 Å². The van der Waals surface area contributed by atoms with Gasteiger partial charge < -0.3 is 10.5 Å². The van der Waals surface area contributed by atoms with E-state index in [-0.39, 0.29) is 6.61 Å². The summed E-state index contributed by atoms with van der Waals surface area (Å²) in [5.41, 5.74) is 6.39. The number of hydrogen-bond acceptors (Lipinski definition) is 4. The van der Waals surface area contributed by atoms with Crippen LogP contribution in [0.3, 0.4) is 0 Å². The first-order valence-electron chi connectivity index (χ1n) is 5.02. The summed E-state index contributed by atoms with van der Waals surface area (Å²) >= 11 is 10.7. The molecule has 2 N–H and O–H groups in total. The first-order valence-corrected chi connectivity index (χ1v) is 7.01. The van der Waals surface area contributed by atoms with Crippen molar-refractivity contribution in [1.82, 2.24) is 0 Å². The molecule has 0 aliphatic heterocycles. The second-order valence-electron chi connectivity index (χ2n) is 3.52. The zero-order valence-electron chi connectivity index (χ0n) is 9.15. The highest BCUT2D eigenvalue weighted by Gasteiger charge is 2.09. The quantitative estimate of drug-likeness (QED) is 0.672. The number of thiophene rings is 1. The van der Waals surface area contributed by atoms with Crippen molar-refractivity contribution in [3.8, 4) is 0 Å². The maximum atomic E-state index is 11.8. The third-order valence-corrected chi connectivity index (χ3v) is 4.15. The number of carbonyl (C=O) groups is 1. The van der Waals surface area contributed by atoms with Crippen LogP contribution in [0, 0.1) is 0 Å². The molecule has 0 radical (unpaired) electrons. The number of nitrogens with two attached hydrogens (primary N) is 1. The Balaban J connectivity index is 2.01. The monoisotopic (exact) mass is 345 g/mol. The third-order valence-electron chi connectivity index (χ3n) is 2.21. The van der Waals surface area contributed by atoms with Crippen molar-refractivity contribution in [2.24, 2.45) is 0 Å². The Hall–Kier alpha value is -1.04. The minimum absolute atomic E-state index is 0.248. The lowest BCUT2D eigenvalue weighted by Gasteiger charge is -2.04. The molecule has 18 heavy (non-hydrogen) atoms. The van der Waals surface area contributed by atoms with E-state index in [1.54, 1.807) is 12.1 Å². The Morgan fingerprint density at radius 3 is 2.78 bits per heavy atom. The van der Waals surface area contributed by atoms with Gasteiger partial charge in [-0.3, -0.25) is 0 Å². The molecule has 3 nitrogen and oxygen atoms in total. The fourth-order valence-corrected chi connectivity index (χ4v) is 2.83. The molecule has 1 heterocycles. The Morgan fingerprint density at radius 2 is 2.17 bits per heavy atom. The minimum atomic E-state index is -0.414. The molecule has 0 saturated heterocycles. The summed E-state index contributed by atoms with van der Waals surface area (Å²) in [6.45, 7) is 0.248. The molecule has 94 valence electrons. The number of nitrogen functional groups attached to an aromatic ring is 1. The lowest BCUT2D eigenvalue weighted by atomic mass is 10.2. The maximum Gasteiger partial charge on any atom is 0.338 e. The SMILES string of the molecule is Nc1cc(C(=O)OCc2ccc(Br)s2)ccc1Cl. The van der Waals surface area contributed by atoms with E-state index in [9.17, 15) is 4.79 Å². The average Bonchev–Trinajstić information content (AvgIpc) is 2.75. The van der Waals surface area contributed by atoms with Crippen LogP contribution in [-0.2, 0) is 11.3 Å². The van der Waals surface area contributed by atoms with E-state index in [0.29, 0.717) is 16.3 Å². The zero-order valence-corrected chi connectivity index (χ0v) is 12.3. The molecule has 1 aromatic carbocycles. The standard InChI is InChI=1S/C12H9BrClNO2S/c13-11-4-2-8(18-11)6-17-12(16)7-1-3-9(14)10(15)5-7/h1-5H,6,15H2. The van der Waals surface area contributed by atoms with E-state index in [2.05, 4.69) is 15.9 Å².